The smallest absolute Gasteiger partial charge is 0.318 e. The molecule has 9 N–H and O–H groups in total. The van der Waals surface area contributed by atoms with Crippen molar-refractivity contribution in [3.05, 3.63) is 46.4 Å². The number of hydrogen-bond donors (Lipinski definition) is 6. The second kappa shape index (κ2) is 10.9. The Labute approximate surface area is 169 Å². The zero-order chi connectivity index (χ0) is 21.2. The number of benzene rings is 1. The molecule has 2 rings (SSSR count). The third-order valence-electron chi connectivity index (χ3n) is 4.31. The van der Waals surface area contributed by atoms with Gasteiger partial charge in [0.05, 0.1) is 11.4 Å². The minimum absolute atomic E-state index is 0.00368. The van der Waals surface area contributed by atoms with E-state index in [0.29, 0.717) is 18.5 Å². The number of amidine groups is 1. The number of nitrogens with one attached hydrogen (secondary N) is 3. The van der Waals surface area contributed by atoms with Crippen LogP contribution >= 0.6 is 0 Å². The number of nitrogens with two attached hydrogens (primary N) is 3. The van der Waals surface area contributed by atoms with Gasteiger partial charge in [-0.15, -0.1) is 0 Å². The highest BCUT2D eigenvalue weighted by Crippen LogP contribution is 2.17. The van der Waals surface area contributed by atoms with Crippen LogP contribution in [0.15, 0.2) is 35.3 Å². The Bertz CT molecular complexity index is 879. The highest BCUT2D eigenvalue weighted by Gasteiger charge is 2.09. The largest absolute Gasteiger partial charge is 0.388 e. The summed E-state index contributed by atoms with van der Waals surface area (Å²) in [7, 11) is 0. The number of carbonyl (C=O) groups excluding carboxylic acids is 1. The van der Waals surface area contributed by atoms with Gasteiger partial charge in [-0.3, -0.25) is 25.4 Å². The van der Waals surface area contributed by atoms with E-state index >= 15 is 0 Å². The van der Waals surface area contributed by atoms with E-state index < -0.39 is 6.03 Å². The maximum absolute atomic E-state index is 12.2. The van der Waals surface area contributed by atoms with Crippen molar-refractivity contribution in [1.82, 2.24) is 14.9 Å². The number of hydrogen-bond acceptors (Lipinski definition) is 6. The van der Waals surface area contributed by atoms with Crippen LogP contribution in [0.2, 0.25) is 0 Å². The zero-order valence-corrected chi connectivity index (χ0v) is 16.3. The van der Waals surface area contributed by atoms with Crippen molar-refractivity contribution in [2.24, 2.45) is 17.2 Å². The molecule has 156 valence electrons. The predicted molar refractivity (Wildman–Crippen MR) is 114 cm³/mol. The molecule has 0 radical (unpaired) electrons. The van der Waals surface area contributed by atoms with Gasteiger partial charge in [-0.05, 0) is 43.6 Å². The number of primary amides is 1. The molecule has 0 aliphatic heterocycles. The van der Waals surface area contributed by atoms with Crippen molar-refractivity contribution >= 4 is 17.8 Å². The molecule has 1 aromatic heterocycles. The lowest BCUT2D eigenvalue weighted by atomic mass is 10.1. The van der Waals surface area contributed by atoms with E-state index in [1.807, 2.05) is 24.3 Å². The first kappa shape index (κ1) is 22.1. The van der Waals surface area contributed by atoms with Crippen LogP contribution in [0.1, 0.15) is 24.8 Å². The maximum Gasteiger partial charge on any atom is 0.318 e. The highest BCUT2D eigenvalue weighted by molar-refractivity contribution is 5.85. The lowest BCUT2D eigenvalue weighted by Gasteiger charge is -2.22. The van der Waals surface area contributed by atoms with Crippen LogP contribution in [-0.2, 0) is 6.54 Å². The molecule has 29 heavy (non-hydrogen) atoms. The normalized spacial score (nSPS) is 10.8. The molecule has 0 unspecified atom stereocenters. The Morgan fingerprint density at radius 1 is 1.17 bits per heavy atom. The van der Waals surface area contributed by atoms with Crippen molar-refractivity contribution in [2.75, 3.05) is 25.0 Å². The monoisotopic (exact) mass is 400 g/mol. The summed E-state index contributed by atoms with van der Waals surface area (Å²) < 4.78 is 0. The number of aromatic amines is 1. The van der Waals surface area contributed by atoms with Crippen molar-refractivity contribution < 1.29 is 4.79 Å². The summed E-state index contributed by atoms with van der Waals surface area (Å²) >= 11 is 0. The van der Waals surface area contributed by atoms with E-state index in [4.69, 9.17) is 22.6 Å². The van der Waals surface area contributed by atoms with Gasteiger partial charge in [0.1, 0.15) is 0 Å². The molecule has 0 bridgehead atoms. The first-order chi connectivity index (χ1) is 13.9. The van der Waals surface area contributed by atoms with E-state index in [0.717, 1.165) is 43.6 Å². The summed E-state index contributed by atoms with van der Waals surface area (Å²) in [6.07, 6.45) is 3.69. The van der Waals surface area contributed by atoms with Crippen molar-refractivity contribution in [3.8, 4) is 11.1 Å². The minimum atomic E-state index is -0.798. The third kappa shape index (κ3) is 7.35. The molecule has 0 fully saturated rings. The molecule has 1 aromatic carbocycles. The zero-order valence-electron chi connectivity index (χ0n) is 16.3. The number of anilines is 1. The van der Waals surface area contributed by atoms with Crippen molar-refractivity contribution in [3.63, 3.8) is 0 Å². The van der Waals surface area contributed by atoms with Gasteiger partial charge in [0.25, 0.3) is 5.56 Å². The maximum atomic E-state index is 12.2. The lowest BCUT2D eigenvalue weighted by Crippen LogP contribution is -2.28. The van der Waals surface area contributed by atoms with Crippen molar-refractivity contribution in [1.29, 1.82) is 5.41 Å². The topological polar surface area (TPSA) is 180 Å². The number of rotatable bonds is 11. The molecule has 10 heteroatoms. The number of urea groups is 1. The van der Waals surface area contributed by atoms with Crippen LogP contribution in [0.5, 0.6) is 0 Å². The summed E-state index contributed by atoms with van der Waals surface area (Å²) in [5.41, 5.74) is 17.9. The molecule has 0 saturated heterocycles. The average Bonchev–Trinajstić information content (AvgIpc) is 2.66. The van der Waals surface area contributed by atoms with Crippen LogP contribution in [0.25, 0.3) is 11.1 Å². The quantitative estimate of drug-likeness (QED) is 0.239. The molecule has 0 spiro atoms. The van der Waals surface area contributed by atoms with E-state index in [1.54, 1.807) is 0 Å². The SMILES string of the molecule is N=C(N)CCCN(CCCN)Cc1ccc(-c2cnc(NC(N)=O)[nH]c2=O)cc1. The molecular weight excluding hydrogens is 372 g/mol. The standard InChI is InChI=1S/C19H28N8O2/c20-8-2-10-27(9-1-3-16(21)22)12-13-4-6-14(7-5-13)15-11-24-19(25-17(15)28)26-18(23)29/h4-7,11H,1-3,8-10,12,20H2,(H3,21,22)(H4,23,24,25,26,28,29). The summed E-state index contributed by atoms with van der Waals surface area (Å²) in [6.45, 7) is 3.07. The molecule has 0 aliphatic rings. The van der Waals surface area contributed by atoms with Crippen LogP contribution in [-0.4, -0.2) is 46.4 Å². The molecule has 0 aliphatic carbocycles. The van der Waals surface area contributed by atoms with Crippen LogP contribution < -0.4 is 28.1 Å². The van der Waals surface area contributed by atoms with Gasteiger partial charge >= 0.3 is 6.03 Å². The summed E-state index contributed by atoms with van der Waals surface area (Å²) in [6, 6.07) is 6.85. The Morgan fingerprint density at radius 2 is 1.86 bits per heavy atom. The van der Waals surface area contributed by atoms with E-state index in [2.05, 4.69) is 20.2 Å². The second-order valence-corrected chi connectivity index (χ2v) is 6.71. The Morgan fingerprint density at radius 3 is 2.45 bits per heavy atom. The highest BCUT2D eigenvalue weighted by atomic mass is 16.2. The molecule has 10 nitrogen and oxygen atoms in total. The Balaban J connectivity index is 2.06. The molecule has 1 heterocycles. The van der Waals surface area contributed by atoms with Gasteiger partial charge in [0.15, 0.2) is 0 Å². The predicted octanol–water partition coefficient (Wildman–Crippen LogP) is 0.794. The fraction of sp³-hybridized carbons (Fsp3) is 0.368. The fourth-order valence-corrected chi connectivity index (χ4v) is 2.91. The van der Waals surface area contributed by atoms with Crippen LogP contribution in [0, 0.1) is 5.41 Å². The van der Waals surface area contributed by atoms with Crippen LogP contribution in [0.4, 0.5) is 10.7 Å². The summed E-state index contributed by atoms with van der Waals surface area (Å²) in [5.74, 6) is 0.202. The van der Waals surface area contributed by atoms with E-state index in [9.17, 15) is 9.59 Å². The van der Waals surface area contributed by atoms with Gasteiger partial charge in [0.2, 0.25) is 5.95 Å². The minimum Gasteiger partial charge on any atom is -0.388 e. The summed E-state index contributed by atoms with van der Waals surface area (Å²) in [5, 5.41) is 9.58. The van der Waals surface area contributed by atoms with Gasteiger partial charge < -0.3 is 17.2 Å². The number of nitrogens with zero attached hydrogens (tertiary/aromatic N) is 2. The van der Waals surface area contributed by atoms with Gasteiger partial charge in [-0.2, -0.15) is 0 Å². The number of H-pyrrole nitrogens is 1. The average molecular weight is 400 g/mol. The number of carbonyl (C=O) groups is 1. The molecule has 0 atom stereocenters. The van der Waals surface area contributed by atoms with Crippen LogP contribution in [0.3, 0.4) is 0 Å². The molecule has 0 saturated carbocycles. The Hall–Kier alpha value is -3.24. The molecule has 2 aromatic rings. The van der Waals surface area contributed by atoms with Gasteiger partial charge in [-0.25, -0.2) is 9.78 Å². The fourth-order valence-electron chi connectivity index (χ4n) is 2.91. The number of aromatic nitrogens is 2. The molecule has 2 amide bonds. The van der Waals surface area contributed by atoms with E-state index in [1.165, 1.54) is 6.20 Å². The first-order valence-electron chi connectivity index (χ1n) is 9.39. The number of amides is 2. The first-order valence-corrected chi connectivity index (χ1v) is 9.39. The third-order valence-corrected chi connectivity index (χ3v) is 4.31. The lowest BCUT2D eigenvalue weighted by molar-refractivity contribution is 0.259. The van der Waals surface area contributed by atoms with Gasteiger partial charge in [0, 0.05) is 19.2 Å². The van der Waals surface area contributed by atoms with Crippen molar-refractivity contribution in [2.45, 2.75) is 25.8 Å². The van der Waals surface area contributed by atoms with E-state index in [-0.39, 0.29) is 17.3 Å². The second-order valence-electron chi connectivity index (χ2n) is 6.71. The van der Waals surface area contributed by atoms with Gasteiger partial charge in [-0.1, -0.05) is 24.3 Å². The molecular formula is C19H28N8O2. The Kier molecular flexibility index (Phi) is 8.31. The summed E-state index contributed by atoms with van der Waals surface area (Å²) in [4.78, 5) is 31.8.